The van der Waals surface area contributed by atoms with Crippen molar-refractivity contribution in [3.8, 4) is 0 Å². The summed E-state index contributed by atoms with van der Waals surface area (Å²) in [4.78, 5) is 4.54. The van der Waals surface area contributed by atoms with Gasteiger partial charge in [-0.3, -0.25) is 0 Å². The molecule has 1 aliphatic heterocycles. The molecule has 0 unspecified atom stereocenters. The summed E-state index contributed by atoms with van der Waals surface area (Å²) in [5.41, 5.74) is 3.82. The Kier molecular flexibility index (Phi) is 3.75. The molecule has 0 aromatic heterocycles. The minimum atomic E-state index is -0.167. The predicted molar refractivity (Wildman–Crippen MR) is 104 cm³/mol. The average molecular weight is 353 g/mol. The molecule has 23 heavy (non-hydrogen) atoms. The molecule has 0 saturated carbocycles. The van der Waals surface area contributed by atoms with Crippen LogP contribution in [0.15, 0.2) is 86.3 Å². The Morgan fingerprint density at radius 3 is 1.78 bits per heavy atom. The van der Waals surface area contributed by atoms with Crippen molar-refractivity contribution in [2.24, 2.45) is 0 Å². The number of thiol groups is 2. The molecule has 0 saturated heterocycles. The van der Waals surface area contributed by atoms with Crippen LogP contribution in [-0.2, 0) is 5.41 Å². The summed E-state index contributed by atoms with van der Waals surface area (Å²) >= 11 is 10.9. The van der Waals surface area contributed by atoms with Gasteiger partial charge in [-0.25, -0.2) is 0 Å². The molecule has 1 heterocycles. The van der Waals surface area contributed by atoms with Crippen LogP contribution in [0.3, 0.4) is 0 Å². The van der Waals surface area contributed by atoms with Gasteiger partial charge in [0.25, 0.3) is 0 Å². The van der Waals surface area contributed by atoms with E-state index in [4.69, 9.17) is 0 Å². The third kappa shape index (κ3) is 2.42. The Balaban J connectivity index is 2.05. The molecule has 4 rings (SSSR count). The third-order valence-electron chi connectivity index (χ3n) is 4.58. The molecule has 0 nitrogen and oxygen atoms in total. The fourth-order valence-corrected chi connectivity index (χ4v) is 5.32. The van der Waals surface area contributed by atoms with Gasteiger partial charge < -0.3 is 0 Å². The van der Waals surface area contributed by atoms with Gasteiger partial charge in [0.1, 0.15) is 0 Å². The highest BCUT2D eigenvalue weighted by Crippen LogP contribution is 2.52. The molecule has 3 heteroatoms. The normalized spacial score (nSPS) is 14.9. The molecule has 0 bridgehead atoms. The fraction of sp³-hybridized carbons (Fsp3) is 0.100. The van der Waals surface area contributed by atoms with Gasteiger partial charge in [0.2, 0.25) is 0 Å². The molecule has 0 atom stereocenters. The third-order valence-corrected chi connectivity index (χ3v) is 6.25. The van der Waals surface area contributed by atoms with E-state index in [-0.39, 0.29) is 5.41 Å². The molecular weight excluding hydrogens is 336 g/mol. The first-order valence-corrected chi connectivity index (χ1v) is 9.20. The van der Waals surface area contributed by atoms with E-state index in [0.717, 1.165) is 9.79 Å². The molecule has 0 fully saturated rings. The van der Waals surface area contributed by atoms with Crippen molar-refractivity contribution in [3.05, 3.63) is 83.4 Å². The zero-order valence-corrected chi connectivity index (χ0v) is 15.3. The Labute approximate surface area is 152 Å². The highest BCUT2D eigenvalue weighted by Gasteiger charge is 2.38. The first kappa shape index (κ1) is 15.3. The van der Waals surface area contributed by atoms with Gasteiger partial charge in [-0.1, -0.05) is 54.2 Å². The Morgan fingerprint density at radius 1 is 0.739 bits per heavy atom. The standard InChI is InChI=1S/C20H16S3/c1-20(13-5-3-2-4-6-13)16-9-7-14(21)11-18(16)23-19-12-15(22)8-10-17(19)20/h2-12,21-22H,1H3. The summed E-state index contributed by atoms with van der Waals surface area (Å²) in [5, 5.41) is 0. The van der Waals surface area contributed by atoms with E-state index in [0.29, 0.717) is 0 Å². The van der Waals surface area contributed by atoms with Gasteiger partial charge in [0.05, 0.1) is 0 Å². The van der Waals surface area contributed by atoms with E-state index in [1.165, 1.54) is 26.5 Å². The summed E-state index contributed by atoms with van der Waals surface area (Å²) in [6.07, 6.45) is 0. The predicted octanol–water partition coefficient (Wildman–Crippen LogP) is 6.08. The van der Waals surface area contributed by atoms with Gasteiger partial charge >= 0.3 is 0 Å². The topological polar surface area (TPSA) is 0 Å². The summed E-state index contributed by atoms with van der Waals surface area (Å²) in [6.45, 7) is 2.32. The maximum absolute atomic E-state index is 4.52. The summed E-state index contributed by atoms with van der Waals surface area (Å²) in [6, 6.07) is 23.7. The van der Waals surface area contributed by atoms with E-state index in [2.05, 4.69) is 98.9 Å². The van der Waals surface area contributed by atoms with Crippen LogP contribution in [-0.4, -0.2) is 0 Å². The highest BCUT2D eigenvalue weighted by molar-refractivity contribution is 7.99. The van der Waals surface area contributed by atoms with Gasteiger partial charge in [0.15, 0.2) is 0 Å². The van der Waals surface area contributed by atoms with Crippen LogP contribution in [0.25, 0.3) is 0 Å². The lowest BCUT2D eigenvalue weighted by Crippen LogP contribution is -2.29. The molecule has 0 spiro atoms. The second kappa shape index (κ2) is 5.66. The molecule has 3 aromatic carbocycles. The largest absolute Gasteiger partial charge is 0.143 e. The van der Waals surface area contributed by atoms with Gasteiger partial charge in [-0.15, -0.1) is 25.3 Å². The lowest BCUT2D eigenvalue weighted by molar-refractivity contribution is 0.652. The molecule has 0 amide bonds. The minimum Gasteiger partial charge on any atom is -0.143 e. The fourth-order valence-electron chi connectivity index (χ4n) is 3.36. The Morgan fingerprint density at radius 2 is 1.26 bits per heavy atom. The van der Waals surface area contributed by atoms with Crippen LogP contribution in [0.4, 0.5) is 0 Å². The van der Waals surface area contributed by atoms with Crippen molar-refractivity contribution in [1.82, 2.24) is 0 Å². The molecule has 114 valence electrons. The number of fused-ring (bicyclic) bond motifs is 2. The van der Waals surface area contributed by atoms with E-state index in [9.17, 15) is 0 Å². The summed E-state index contributed by atoms with van der Waals surface area (Å²) in [5.74, 6) is 0. The molecule has 3 aromatic rings. The van der Waals surface area contributed by atoms with Crippen molar-refractivity contribution in [2.75, 3.05) is 0 Å². The first-order chi connectivity index (χ1) is 11.1. The number of hydrogen-bond donors (Lipinski definition) is 2. The quantitative estimate of drug-likeness (QED) is 0.500. The van der Waals surface area contributed by atoms with E-state index in [1.54, 1.807) is 0 Å². The zero-order chi connectivity index (χ0) is 16.0. The van der Waals surface area contributed by atoms with Crippen LogP contribution in [0, 0.1) is 0 Å². The maximum atomic E-state index is 4.52. The number of hydrogen-bond acceptors (Lipinski definition) is 3. The molecule has 0 aliphatic carbocycles. The lowest BCUT2D eigenvalue weighted by Gasteiger charge is -2.38. The second-order valence-corrected chi connectivity index (χ2v) is 8.07. The van der Waals surface area contributed by atoms with E-state index >= 15 is 0 Å². The minimum absolute atomic E-state index is 0.167. The van der Waals surface area contributed by atoms with Crippen molar-refractivity contribution >= 4 is 37.0 Å². The van der Waals surface area contributed by atoms with Crippen LogP contribution in [0.5, 0.6) is 0 Å². The van der Waals surface area contributed by atoms with Crippen molar-refractivity contribution in [3.63, 3.8) is 0 Å². The van der Waals surface area contributed by atoms with Gasteiger partial charge in [-0.05, 0) is 47.9 Å². The summed E-state index contributed by atoms with van der Waals surface area (Å²) < 4.78 is 0. The lowest BCUT2D eigenvalue weighted by atomic mass is 9.71. The van der Waals surface area contributed by atoms with Crippen molar-refractivity contribution in [1.29, 1.82) is 0 Å². The van der Waals surface area contributed by atoms with Crippen molar-refractivity contribution < 1.29 is 0 Å². The van der Waals surface area contributed by atoms with Gasteiger partial charge in [-0.2, -0.15) is 0 Å². The second-order valence-electron chi connectivity index (χ2n) is 5.95. The first-order valence-electron chi connectivity index (χ1n) is 7.49. The highest BCUT2D eigenvalue weighted by atomic mass is 32.2. The Hall–Kier alpha value is -1.29. The van der Waals surface area contributed by atoms with Crippen LogP contribution in [0.2, 0.25) is 0 Å². The van der Waals surface area contributed by atoms with E-state index in [1.807, 2.05) is 11.8 Å². The molecule has 1 aliphatic rings. The average Bonchev–Trinajstić information content (AvgIpc) is 2.55. The number of rotatable bonds is 1. The monoisotopic (exact) mass is 352 g/mol. The van der Waals surface area contributed by atoms with Crippen LogP contribution < -0.4 is 0 Å². The Bertz CT molecular complexity index is 833. The van der Waals surface area contributed by atoms with E-state index < -0.39 is 0 Å². The smallest absolute Gasteiger partial charge is 0.0445 e. The summed E-state index contributed by atoms with van der Waals surface area (Å²) in [7, 11) is 0. The van der Waals surface area contributed by atoms with Crippen LogP contribution in [0.1, 0.15) is 23.6 Å². The number of benzene rings is 3. The van der Waals surface area contributed by atoms with Crippen molar-refractivity contribution in [2.45, 2.75) is 31.9 Å². The SMILES string of the molecule is CC1(c2ccccc2)c2ccc(S)cc2Sc2cc(S)ccc21. The zero-order valence-electron chi connectivity index (χ0n) is 12.7. The van der Waals surface area contributed by atoms with Gasteiger partial charge in [0, 0.05) is 25.0 Å². The molecule has 0 N–H and O–H groups in total. The molecule has 0 radical (unpaired) electrons. The van der Waals surface area contributed by atoms with Crippen LogP contribution >= 0.6 is 37.0 Å². The maximum Gasteiger partial charge on any atom is 0.0445 e. The molecular formula is C20H16S3.